The molecule has 0 spiro atoms. The van der Waals surface area contributed by atoms with Crippen LogP contribution in [0.5, 0.6) is 0 Å². The Labute approximate surface area is 157 Å². The van der Waals surface area contributed by atoms with Crippen molar-refractivity contribution in [2.45, 2.75) is 37.1 Å². The first-order chi connectivity index (χ1) is 12.7. The molecule has 0 amide bonds. The molecule has 0 bridgehead atoms. The van der Waals surface area contributed by atoms with Gasteiger partial charge in [-0.25, -0.2) is 4.98 Å². The molecule has 4 aromatic rings. The number of H-pyrrole nitrogens is 1. The number of nitrogens with zero attached hydrogens (tertiary/aromatic N) is 4. The molecule has 0 saturated heterocycles. The molecule has 1 aliphatic carbocycles. The summed E-state index contributed by atoms with van der Waals surface area (Å²) in [6.07, 6.45) is 5.13. The molecule has 132 valence electrons. The molecule has 5 rings (SSSR count). The highest BCUT2D eigenvalue weighted by atomic mass is 32.2. The number of aromatic nitrogens is 5. The van der Waals surface area contributed by atoms with Crippen molar-refractivity contribution in [2.24, 2.45) is 5.92 Å². The molecule has 1 aliphatic rings. The van der Waals surface area contributed by atoms with Crippen molar-refractivity contribution in [3.05, 3.63) is 51.0 Å². The Hall–Kier alpha value is -2.19. The van der Waals surface area contributed by atoms with Crippen LogP contribution < -0.4 is 5.56 Å². The van der Waals surface area contributed by atoms with E-state index in [1.165, 1.54) is 22.2 Å². The molecule has 26 heavy (non-hydrogen) atoms. The largest absolute Gasteiger partial charge is 0.309 e. The van der Waals surface area contributed by atoms with Gasteiger partial charge in [-0.05, 0) is 42.9 Å². The lowest BCUT2D eigenvalue weighted by Crippen LogP contribution is -2.14. The van der Waals surface area contributed by atoms with Crippen molar-refractivity contribution in [3.8, 4) is 0 Å². The fourth-order valence-corrected chi connectivity index (χ4v) is 5.71. The zero-order valence-electron chi connectivity index (χ0n) is 14.2. The number of aryl methyl sites for hydroxylation is 1. The maximum Gasteiger partial charge on any atom is 0.259 e. The van der Waals surface area contributed by atoms with Crippen LogP contribution in [-0.4, -0.2) is 24.6 Å². The number of rotatable bonds is 3. The summed E-state index contributed by atoms with van der Waals surface area (Å²) in [4.78, 5) is 22.6. The summed E-state index contributed by atoms with van der Waals surface area (Å²) in [6, 6.07) is 5.80. The highest BCUT2D eigenvalue weighted by Gasteiger charge is 2.23. The normalized spacial score (nSPS) is 17.0. The first kappa shape index (κ1) is 16.0. The van der Waals surface area contributed by atoms with Crippen LogP contribution in [0.3, 0.4) is 0 Å². The highest BCUT2D eigenvalue weighted by molar-refractivity contribution is 7.98. The van der Waals surface area contributed by atoms with E-state index >= 15 is 0 Å². The number of hydrogen-bond acceptors (Lipinski definition) is 6. The standard InChI is InChI=1S/C18H17N5OS2/c1-10-5-6-11-12(8-10)26-17-15(11)16(24)19-13(20-17)9-25-18-22-21-14-4-2-3-7-23(14)18/h2-4,7,10H,5-6,8-9H2,1H3,(H,19,20,24)/t10-/m0/s1. The molecule has 0 aliphatic heterocycles. The lowest BCUT2D eigenvalue weighted by molar-refractivity contribution is 0.509. The van der Waals surface area contributed by atoms with Crippen LogP contribution in [0.4, 0.5) is 0 Å². The predicted octanol–water partition coefficient (Wildman–Crippen LogP) is 3.44. The predicted molar refractivity (Wildman–Crippen MR) is 104 cm³/mol. The average molecular weight is 384 g/mol. The van der Waals surface area contributed by atoms with Gasteiger partial charge in [0.1, 0.15) is 10.7 Å². The summed E-state index contributed by atoms with van der Waals surface area (Å²) in [7, 11) is 0. The molecule has 0 unspecified atom stereocenters. The number of aromatic amines is 1. The number of fused-ring (bicyclic) bond motifs is 4. The zero-order chi connectivity index (χ0) is 17.7. The zero-order valence-corrected chi connectivity index (χ0v) is 15.9. The summed E-state index contributed by atoms with van der Waals surface area (Å²) in [6.45, 7) is 2.27. The fourth-order valence-electron chi connectivity index (χ4n) is 3.51. The van der Waals surface area contributed by atoms with Crippen LogP contribution in [0, 0.1) is 5.92 Å². The quantitative estimate of drug-likeness (QED) is 0.549. The van der Waals surface area contributed by atoms with Gasteiger partial charge in [0.2, 0.25) is 0 Å². The number of hydrogen-bond donors (Lipinski definition) is 1. The summed E-state index contributed by atoms with van der Waals surface area (Å²) >= 11 is 3.21. The minimum atomic E-state index is -0.0104. The van der Waals surface area contributed by atoms with Crippen molar-refractivity contribution < 1.29 is 0 Å². The molecule has 1 N–H and O–H groups in total. The van der Waals surface area contributed by atoms with Crippen molar-refractivity contribution >= 4 is 39.0 Å². The van der Waals surface area contributed by atoms with Gasteiger partial charge in [0.25, 0.3) is 5.56 Å². The molecule has 0 saturated carbocycles. The second-order valence-corrected chi connectivity index (χ2v) is 8.77. The van der Waals surface area contributed by atoms with Crippen molar-refractivity contribution in [1.82, 2.24) is 24.6 Å². The Morgan fingerprint density at radius 3 is 3.23 bits per heavy atom. The second-order valence-electron chi connectivity index (χ2n) is 6.74. The van der Waals surface area contributed by atoms with Gasteiger partial charge >= 0.3 is 0 Å². The van der Waals surface area contributed by atoms with E-state index in [9.17, 15) is 4.79 Å². The molecule has 0 aromatic carbocycles. The van der Waals surface area contributed by atoms with Gasteiger partial charge in [0, 0.05) is 11.1 Å². The van der Waals surface area contributed by atoms with Gasteiger partial charge < -0.3 is 4.98 Å². The summed E-state index contributed by atoms with van der Waals surface area (Å²) in [5, 5.41) is 9.96. The SMILES string of the molecule is C[C@H]1CCc2c(sc3nc(CSc4nnc5ccccn45)[nH]c(=O)c23)C1. The highest BCUT2D eigenvalue weighted by Crippen LogP contribution is 2.35. The van der Waals surface area contributed by atoms with Crippen LogP contribution in [-0.2, 0) is 18.6 Å². The number of nitrogens with one attached hydrogen (secondary N) is 1. The topological polar surface area (TPSA) is 75.9 Å². The maximum absolute atomic E-state index is 12.7. The lowest BCUT2D eigenvalue weighted by atomic mass is 9.89. The van der Waals surface area contributed by atoms with E-state index < -0.39 is 0 Å². The molecular weight excluding hydrogens is 366 g/mol. The third kappa shape index (κ3) is 2.64. The van der Waals surface area contributed by atoms with Crippen LogP contribution in [0.15, 0.2) is 34.3 Å². The van der Waals surface area contributed by atoms with E-state index in [1.54, 1.807) is 11.3 Å². The van der Waals surface area contributed by atoms with E-state index in [1.807, 2.05) is 28.8 Å². The third-order valence-corrected chi connectivity index (χ3v) is 6.94. The number of thiophene rings is 1. The maximum atomic E-state index is 12.7. The van der Waals surface area contributed by atoms with E-state index in [-0.39, 0.29) is 5.56 Å². The number of pyridine rings is 1. The Kier molecular flexibility index (Phi) is 3.82. The Bertz CT molecular complexity index is 1180. The molecule has 0 radical (unpaired) electrons. The first-order valence-corrected chi connectivity index (χ1v) is 10.5. The smallest absolute Gasteiger partial charge is 0.259 e. The first-order valence-electron chi connectivity index (χ1n) is 8.65. The minimum Gasteiger partial charge on any atom is -0.309 e. The molecule has 0 fully saturated rings. The van der Waals surface area contributed by atoms with Gasteiger partial charge in [-0.15, -0.1) is 21.5 Å². The van der Waals surface area contributed by atoms with Crippen LogP contribution in [0.2, 0.25) is 0 Å². The Morgan fingerprint density at radius 1 is 1.38 bits per heavy atom. The van der Waals surface area contributed by atoms with Crippen molar-refractivity contribution in [1.29, 1.82) is 0 Å². The van der Waals surface area contributed by atoms with E-state index in [0.717, 1.165) is 40.3 Å². The van der Waals surface area contributed by atoms with E-state index in [2.05, 4.69) is 22.1 Å². The summed E-state index contributed by atoms with van der Waals surface area (Å²) in [5.74, 6) is 1.93. The van der Waals surface area contributed by atoms with Crippen LogP contribution in [0.1, 0.15) is 29.6 Å². The van der Waals surface area contributed by atoms with Gasteiger partial charge in [-0.2, -0.15) is 0 Å². The number of thioether (sulfide) groups is 1. The fraction of sp³-hybridized carbons (Fsp3) is 0.333. The van der Waals surface area contributed by atoms with Gasteiger partial charge in [0.15, 0.2) is 10.8 Å². The van der Waals surface area contributed by atoms with E-state index in [0.29, 0.717) is 17.5 Å². The van der Waals surface area contributed by atoms with Crippen molar-refractivity contribution in [2.75, 3.05) is 0 Å². The third-order valence-electron chi connectivity index (χ3n) is 4.83. The Morgan fingerprint density at radius 2 is 2.31 bits per heavy atom. The van der Waals surface area contributed by atoms with Crippen molar-refractivity contribution in [3.63, 3.8) is 0 Å². The molecule has 6 nitrogen and oxygen atoms in total. The van der Waals surface area contributed by atoms with Crippen LogP contribution >= 0.6 is 23.1 Å². The molecule has 1 atom stereocenters. The average Bonchev–Trinajstić information content (AvgIpc) is 3.20. The van der Waals surface area contributed by atoms with Gasteiger partial charge in [-0.3, -0.25) is 9.20 Å². The summed E-state index contributed by atoms with van der Waals surface area (Å²) in [5.41, 5.74) is 2.02. The molecular formula is C18H17N5OS2. The Balaban J connectivity index is 1.47. The van der Waals surface area contributed by atoms with Gasteiger partial charge in [-0.1, -0.05) is 24.8 Å². The monoisotopic (exact) mass is 383 g/mol. The minimum absolute atomic E-state index is 0.0104. The second kappa shape index (κ2) is 6.21. The van der Waals surface area contributed by atoms with Crippen LogP contribution in [0.25, 0.3) is 15.9 Å². The molecule has 8 heteroatoms. The molecule has 4 aromatic heterocycles. The lowest BCUT2D eigenvalue weighted by Gasteiger charge is -2.17. The van der Waals surface area contributed by atoms with E-state index in [4.69, 9.17) is 4.98 Å². The summed E-state index contributed by atoms with van der Waals surface area (Å²) < 4.78 is 1.94. The van der Waals surface area contributed by atoms with Gasteiger partial charge in [0.05, 0.1) is 11.1 Å². The molecule has 4 heterocycles.